The zero-order chi connectivity index (χ0) is 15.5. The molecule has 0 saturated heterocycles. The van der Waals surface area contributed by atoms with Gasteiger partial charge in [0.2, 0.25) is 5.91 Å². The van der Waals surface area contributed by atoms with E-state index in [0.717, 1.165) is 5.01 Å². The minimum atomic E-state index is -4.49. The lowest BCUT2D eigenvalue weighted by Crippen LogP contribution is -2.42. The highest BCUT2D eigenvalue weighted by Crippen LogP contribution is 2.20. The Morgan fingerprint density at radius 2 is 1.90 bits per heavy atom. The quantitative estimate of drug-likeness (QED) is 0.926. The number of halogens is 3. The summed E-state index contributed by atoms with van der Waals surface area (Å²) in [5, 5.41) is 6.63. The standard InChI is InChI=1S/C13H12F3N3O2/c14-13(15,16)8-17-12(21)10-6-7-11(20)19(18-10)9-4-2-1-3-5-9/h1-5H,6-8H2,(H,17,21). The number of carbonyl (C=O) groups excluding carboxylic acids is 2. The first-order valence-corrected chi connectivity index (χ1v) is 6.17. The molecule has 0 radical (unpaired) electrons. The molecule has 5 nitrogen and oxygen atoms in total. The van der Waals surface area contributed by atoms with Gasteiger partial charge in [0.25, 0.3) is 5.91 Å². The van der Waals surface area contributed by atoms with Crippen LogP contribution in [0.4, 0.5) is 18.9 Å². The van der Waals surface area contributed by atoms with Crippen molar-refractivity contribution in [3.05, 3.63) is 30.3 Å². The van der Waals surface area contributed by atoms with Crippen LogP contribution < -0.4 is 10.3 Å². The van der Waals surface area contributed by atoms with Gasteiger partial charge in [0.15, 0.2) is 0 Å². The lowest BCUT2D eigenvalue weighted by molar-refractivity contribution is -0.135. The summed E-state index contributed by atoms with van der Waals surface area (Å²) in [5.41, 5.74) is 0.367. The Bertz CT molecular complexity index is 570. The second kappa shape index (κ2) is 5.94. The van der Waals surface area contributed by atoms with Gasteiger partial charge in [-0.05, 0) is 12.1 Å². The number of nitrogens with one attached hydrogen (secondary N) is 1. The predicted molar refractivity (Wildman–Crippen MR) is 69.7 cm³/mol. The number of rotatable bonds is 3. The molecule has 1 aromatic rings. The minimum absolute atomic E-state index is 0.0197. The van der Waals surface area contributed by atoms with Gasteiger partial charge in [0.1, 0.15) is 12.3 Å². The van der Waals surface area contributed by atoms with Gasteiger partial charge in [-0.15, -0.1) is 0 Å². The predicted octanol–water partition coefficient (Wildman–Crippen LogP) is 1.85. The highest BCUT2D eigenvalue weighted by atomic mass is 19.4. The number of para-hydroxylation sites is 1. The fourth-order valence-corrected chi connectivity index (χ4v) is 1.77. The Morgan fingerprint density at radius 1 is 1.24 bits per heavy atom. The lowest BCUT2D eigenvalue weighted by atomic mass is 10.1. The van der Waals surface area contributed by atoms with Gasteiger partial charge in [-0.1, -0.05) is 18.2 Å². The molecule has 1 aromatic carbocycles. The van der Waals surface area contributed by atoms with Crippen molar-refractivity contribution in [2.75, 3.05) is 11.6 Å². The molecule has 0 spiro atoms. The van der Waals surface area contributed by atoms with E-state index in [1.807, 2.05) is 0 Å². The van der Waals surface area contributed by atoms with Crippen LogP contribution in [0, 0.1) is 0 Å². The molecular weight excluding hydrogens is 287 g/mol. The zero-order valence-corrected chi connectivity index (χ0v) is 10.9. The second-order valence-electron chi connectivity index (χ2n) is 4.39. The van der Waals surface area contributed by atoms with Crippen LogP contribution in [0.15, 0.2) is 35.4 Å². The molecule has 21 heavy (non-hydrogen) atoms. The van der Waals surface area contributed by atoms with E-state index in [9.17, 15) is 22.8 Å². The molecule has 0 aromatic heterocycles. The summed E-state index contributed by atoms with van der Waals surface area (Å²) < 4.78 is 36.2. The number of hydrazone groups is 1. The van der Waals surface area contributed by atoms with Crippen molar-refractivity contribution >= 4 is 23.2 Å². The fraction of sp³-hybridized carbons (Fsp3) is 0.308. The van der Waals surface area contributed by atoms with E-state index in [1.54, 1.807) is 35.6 Å². The topological polar surface area (TPSA) is 61.8 Å². The number of hydrogen-bond acceptors (Lipinski definition) is 3. The van der Waals surface area contributed by atoms with E-state index in [2.05, 4.69) is 5.10 Å². The Labute approximate surface area is 118 Å². The molecule has 0 bridgehead atoms. The van der Waals surface area contributed by atoms with Crippen molar-refractivity contribution in [1.82, 2.24) is 5.32 Å². The summed E-state index contributed by atoms with van der Waals surface area (Å²) in [5.74, 6) is -1.23. The third-order valence-electron chi connectivity index (χ3n) is 2.74. The highest BCUT2D eigenvalue weighted by molar-refractivity contribution is 6.40. The SMILES string of the molecule is O=C(NCC(F)(F)F)C1=NN(c2ccccc2)C(=O)CC1. The second-order valence-corrected chi connectivity index (χ2v) is 4.39. The molecule has 0 unspecified atom stereocenters. The summed E-state index contributed by atoms with van der Waals surface area (Å²) in [7, 11) is 0. The third kappa shape index (κ3) is 4.04. The molecule has 8 heteroatoms. The van der Waals surface area contributed by atoms with Crippen LogP contribution in [-0.4, -0.2) is 30.2 Å². The van der Waals surface area contributed by atoms with Crippen molar-refractivity contribution in [2.45, 2.75) is 19.0 Å². The van der Waals surface area contributed by atoms with Crippen molar-refractivity contribution in [3.63, 3.8) is 0 Å². The van der Waals surface area contributed by atoms with Crippen molar-refractivity contribution in [1.29, 1.82) is 0 Å². The molecule has 1 aliphatic heterocycles. The van der Waals surface area contributed by atoms with E-state index in [4.69, 9.17) is 0 Å². The first kappa shape index (κ1) is 15.0. The molecule has 1 N–H and O–H groups in total. The number of amides is 2. The molecule has 1 heterocycles. The van der Waals surface area contributed by atoms with E-state index in [0.29, 0.717) is 5.69 Å². The third-order valence-corrected chi connectivity index (χ3v) is 2.74. The fourth-order valence-electron chi connectivity index (χ4n) is 1.77. The lowest BCUT2D eigenvalue weighted by Gasteiger charge is -2.23. The molecular formula is C13H12F3N3O2. The van der Waals surface area contributed by atoms with E-state index >= 15 is 0 Å². The van der Waals surface area contributed by atoms with Gasteiger partial charge >= 0.3 is 6.18 Å². The Kier molecular flexibility index (Phi) is 4.25. The summed E-state index contributed by atoms with van der Waals surface area (Å²) >= 11 is 0. The van der Waals surface area contributed by atoms with Gasteiger partial charge in [0, 0.05) is 12.8 Å². The van der Waals surface area contributed by atoms with Gasteiger partial charge in [-0.3, -0.25) is 9.59 Å². The van der Waals surface area contributed by atoms with Gasteiger partial charge in [0.05, 0.1) is 5.69 Å². The number of nitrogens with zero attached hydrogens (tertiary/aromatic N) is 2. The summed E-state index contributed by atoms with van der Waals surface area (Å²) in [6.45, 7) is -1.43. The van der Waals surface area contributed by atoms with Crippen LogP contribution >= 0.6 is 0 Å². The molecule has 0 fully saturated rings. The average molecular weight is 299 g/mol. The minimum Gasteiger partial charge on any atom is -0.342 e. The number of anilines is 1. The normalized spacial score (nSPS) is 15.7. The summed E-state index contributed by atoms with van der Waals surface area (Å²) in [6, 6.07) is 8.38. The van der Waals surface area contributed by atoms with Crippen LogP contribution in [0.5, 0.6) is 0 Å². The average Bonchev–Trinajstić information content (AvgIpc) is 2.45. The van der Waals surface area contributed by atoms with Crippen LogP contribution in [0.1, 0.15) is 12.8 Å². The zero-order valence-electron chi connectivity index (χ0n) is 10.9. The Hall–Kier alpha value is -2.38. The first-order valence-electron chi connectivity index (χ1n) is 6.17. The van der Waals surface area contributed by atoms with E-state index in [-0.39, 0.29) is 24.5 Å². The number of benzene rings is 1. The molecule has 2 amide bonds. The number of alkyl halides is 3. The van der Waals surface area contributed by atoms with Crippen molar-refractivity contribution < 1.29 is 22.8 Å². The number of carbonyl (C=O) groups is 2. The maximum Gasteiger partial charge on any atom is 0.405 e. The van der Waals surface area contributed by atoms with Gasteiger partial charge < -0.3 is 5.32 Å². The van der Waals surface area contributed by atoms with Gasteiger partial charge in [-0.25, -0.2) is 5.01 Å². The largest absolute Gasteiger partial charge is 0.405 e. The molecule has 112 valence electrons. The highest BCUT2D eigenvalue weighted by Gasteiger charge is 2.30. The maximum atomic E-state index is 12.1. The Balaban J connectivity index is 2.13. The first-order chi connectivity index (χ1) is 9.87. The van der Waals surface area contributed by atoms with Crippen molar-refractivity contribution in [2.24, 2.45) is 5.10 Å². The number of hydrogen-bond donors (Lipinski definition) is 1. The molecule has 1 aliphatic rings. The monoisotopic (exact) mass is 299 g/mol. The van der Waals surface area contributed by atoms with Crippen molar-refractivity contribution in [3.8, 4) is 0 Å². The van der Waals surface area contributed by atoms with Crippen LogP contribution in [0.3, 0.4) is 0 Å². The van der Waals surface area contributed by atoms with Gasteiger partial charge in [-0.2, -0.15) is 18.3 Å². The Morgan fingerprint density at radius 3 is 2.52 bits per heavy atom. The summed E-state index contributed by atoms with van der Waals surface area (Å²) in [4.78, 5) is 23.4. The molecule has 0 atom stereocenters. The van der Waals surface area contributed by atoms with Crippen LogP contribution in [0.25, 0.3) is 0 Å². The van der Waals surface area contributed by atoms with E-state index in [1.165, 1.54) is 0 Å². The molecule has 0 aliphatic carbocycles. The smallest absolute Gasteiger partial charge is 0.342 e. The van der Waals surface area contributed by atoms with E-state index < -0.39 is 18.6 Å². The van der Waals surface area contributed by atoms with Crippen LogP contribution in [0.2, 0.25) is 0 Å². The molecule has 2 rings (SSSR count). The van der Waals surface area contributed by atoms with Crippen LogP contribution in [-0.2, 0) is 9.59 Å². The maximum absolute atomic E-state index is 12.1. The molecule has 0 saturated carbocycles. The summed E-state index contributed by atoms with van der Waals surface area (Å²) in [6.07, 6.45) is -4.45.